The van der Waals surface area contributed by atoms with E-state index >= 15 is 0 Å². The molecule has 5 heteroatoms. The first kappa shape index (κ1) is 14.9. The number of hydrogen-bond donors (Lipinski definition) is 1. The number of carbonyl (C=O) groups is 1. The molecular formula is C17H18ClN3O. The first-order chi connectivity index (χ1) is 10.7. The molecule has 1 aromatic heterocycles. The highest BCUT2D eigenvalue weighted by atomic mass is 35.5. The van der Waals surface area contributed by atoms with Gasteiger partial charge in [0.15, 0.2) is 0 Å². The van der Waals surface area contributed by atoms with Gasteiger partial charge in [0.2, 0.25) is 0 Å². The van der Waals surface area contributed by atoms with Crippen molar-refractivity contribution in [2.75, 3.05) is 18.4 Å². The summed E-state index contributed by atoms with van der Waals surface area (Å²) >= 11 is 5.74. The number of aromatic nitrogens is 1. The van der Waals surface area contributed by atoms with Crippen LogP contribution in [0.5, 0.6) is 0 Å². The van der Waals surface area contributed by atoms with Gasteiger partial charge in [0.05, 0.1) is 11.9 Å². The summed E-state index contributed by atoms with van der Waals surface area (Å²) in [5, 5.41) is 3.28. The summed E-state index contributed by atoms with van der Waals surface area (Å²) in [6.07, 6.45) is 3.63. The Hall–Kier alpha value is -2.07. The smallest absolute Gasteiger partial charge is 0.321 e. The van der Waals surface area contributed by atoms with Crippen LogP contribution in [0.25, 0.3) is 0 Å². The fraction of sp³-hybridized carbons (Fsp3) is 0.294. The molecule has 1 aliphatic heterocycles. The number of nitrogens with zero attached hydrogens (tertiary/aromatic N) is 2. The van der Waals surface area contributed by atoms with E-state index in [9.17, 15) is 4.79 Å². The van der Waals surface area contributed by atoms with Crippen molar-refractivity contribution in [2.24, 2.45) is 5.92 Å². The third-order valence-corrected chi connectivity index (χ3v) is 4.14. The average Bonchev–Trinajstić information content (AvgIpc) is 2.99. The van der Waals surface area contributed by atoms with Crippen molar-refractivity contribution < 1.29 is 4.79 Å². The molecule has 1 unspecified atom stereocenters. The van der Waals surface area contributed by atoms with Gasteiger partial charge in [-0.2, -0.15) is 0 Å². The fourth-order valence-corrected chi connectivity index (χ4v) is 2.90. The van der Waals surface area contributed by atoms with Gasteiger partial charge in [0.1, 0.15) is 5.15 Å². The molecule has 2 amide bonds. The van der Waals surface area contributed by atoms with Gasteiger partial charge in [-0.05, 0) is 36.5 Å². The molecule has 1 fully saturated rings. The standard InChI is InChI=1S/C17H18ClN3O/c18-16-7-6-15(11-19-16)20-17(22)21-9-8-14(12-21)10-13-4-2-1-3-5-13/h1-7,11,14H,8-10,12H2,(H,20,22). The molecule has 2 heterocycles. The summed E-state index contributed by atoms with van der Waals surface area (Å²) in [5.41, 5.74) is 2.00. The summed E-state index contributed by atoms with van der Waals surface area (Å²) < 4.78 is 0. The van der Waals surface area contributed by atoms with E-state index in [1.54, 1.807) is 18.3 Å². The van der Waals surface area contributed by atoms with Crippen molar-refractivity contribution in [3.05, 3.63) is 59.4 Å². The Bertz CT molecular complexity index is 630. The van der Waals surface area contributed by atoms with Gasteiger partial charge in [-0.15, -0.1) is 0 Å². The van der Waals surface area contributed by atoms with Gasteiger partial charge in [-0.25, -0.2) is 9.78 Å². The second-order valence-electron chi connectivity index (χ2n) is 5.59. The Morgan fingerprint density at radius 1 is 1.27 bits per heavy atom. The number of rotatable bonds is 3. The molecule has 0 saturated carbocycles. The Balaban J connectivity index is 1.53. The predicted molar refractivity (Wildman–Crippen MR) is 88.1 cm³/mol. The van der Waals surface area contributed by atoms with Crippen LogP contribution >= 0.6 is 11.6 Å². The zero-order valence-electron chi connectivity index (χ0n) is 12.2. The molecule has 0 aliphatic carbocycles. The van der Waals surface area contributed by atoms with Crippen LogP contribution in [-0.4, -0.2) is 29.0 Å². The molecule has 3 rings (SSSR count). The van der Waals surface area contributed by atoms with Crippen molar-refractivity contribution in [3.8, 4) is 0 Å². The van der Waals surface area contributed by atoms with E-state index in [0.717, 1.165) is 25.9 Å². The molecule has 1 aromatic carbocycles. The van der Waals surface area contributed by atoms with E-state index in [4.69, 9.17) is 11.6 Å². The zero-order chi connectivity index (χ0) is 15.4. The minimum atomic E-state index is -0.0697. The summed E-state index contributed by atoms with van der Waals surface area (Å²) in [6, 6.07) is 13.8. The number of anilines is 1. The first-order valence-corrected chi connectivity index (χ1v) is 7.80. The Labute approximate surface area is 135 Å². The molecule has 0 radical (unpaired) electrons. The number of carbonyl (C=O) groups excluding carboxylic acids is 1. The highest BCUT2D eigenvalue weighted by molar-refractivity contribution is 6.29. The van der Waals surface area contributed by atoms with E-state index < -0.39 is 0 Å². The minimum absolute atomic E-state index is 0.0697. The van der Waals surface area contributed by atoms with Crippen LogP contribution in [0.2, 0.25) is 5.15 Å². The van der Waals surface area contributed by atoms with Crippen molar-refractivity contribution in [2.45, 2.75) is 12.8 Å². The van der Waals surface area contributed by atoms with Crippen molar-refractivity contribution in [3.63, 3.8) is 0 Å². The highest BCUT2D eigenvalue weighted by Crippen LogP contribution is 2.21. The maximum absolute atomic E-state index is 12.3. The Kier molecular flexibility index (Phi) is 4.59. The SMILES string of the molecule is O=C(Nc1ccc(Cl)nc1)N1CCC(Cc2ccccc2)C1. The van der Waals surface area contributed by atoms with E-state index in [1.165, 1.54) is 5.56 Å². The summed E-state index contributed by atoms with van der Waals surface area (Å²) in [4.78, 5) is 18.1. The number of hydrogen-bond acceptors (Lipinski definition) is 2. The maximum atomic E-state index is 12.3. The number of nitrogens with one attached hydrogen (secondary N) is 1. The number of halogens is 1. The number of amides is 2. The quantitative estimate of drug-likeness (QED) is 0.875. The molecule has 0 bridgehead atoms. The lowest BCUT2D eigenvalue weighted by molar-refractivity contribution is 0.221. The second-order valence-corrected chi connectivity index (χ2v) is 5.98. The lowest BCUT2D eigenvalue weighted by Gasteiger charge is -2.17. The van der Waals surface area contributed by atoms with E-state index in [0.29, 0.717) is 16.8 Å². The van der Waals surface area contributed by atoms with Crippen LogP contribution in [0.15, 0.2) is 48.7 Å². The van der Waals surface area contributed by atoms with Gasteiger partial charge in [0, 0.05) is 13.1 Å². The third-order valence-electron chi connectivity index (χ3n) is 3.92. The molecule has 114 valence electrons. The number of urea groups is 1. The fourth-order valence-electron chi connectivity index (χ4n) is 2.78. The molecular weight excluding hydrogens is 298 g/mol. The van der Waals surface area contributed by atoms with E-state index in [-0.39, 0.29) is 6.03 Å². The van der Waals surface area contributed by atoms with Crippen molar-refractivity contribution in [1.82, 2.24) is 9.88 Å². The zero-order valence-corrected chi connectivity index (χ0v) is 13.0. The highest BCUT2D eigenvalue weighted by Gasteiger charge is 2.26. The van der Waals surface area contributed by atoms with Crippen LogP contribution in [0.4, 0.5) is 10.5 Å². The summed E-state index contributed by atoms with van der Waals surface area (Å²) in [6.45, 7) is 1.59. The lowest BCUT2D eigenvalue weighted by atomic mass is 9.99. The first-order valence-electron chi connectivity index (χ1n) is 7.42. The molecule has 1 aliphatic rings. The van der Waals surface area contributed by atoms with Crippen LogP contribution in [0.3, 0.4) is 0 Å². The minimum Gasteiger partial charge on any atom is -0.324 e. The van der Waals surface area contributed by atoms with Gasteiger partial charge in [-0.1, -0.05) is 41.9 Å². The van der Waals surface area contributed by atoms with Gasteiger partial charge in [-0.3, -0.25) is 0 Å². The van der Waals surface area contributed by atoms with Crippen molar-refractivity contribution >= 4 is 23.3 Å². The Morgan fingerprint density at radius 3 is 2.82 bits per heavy atom. The molecule has 1 saturated heterocycles. The topological polar surface area (TPSA) is 45.2 Å². The molecule has 1 atom stereocenters. The number of likely N-dealkylation sites (tertiary alicyclic amines) is 1. The summed E-state index contributed by atoms with van der Waals surface area (Å²) in [7, 11) is 0. The number of pyridine rings is 1. The van der Waals surface area contributed by atoms with Gasteiger partial charge < -0.3 is 10.2 Å². The van der Waals surface area contributed by atoms with E-state index in [1.807, 2.05) is 11.0 Å². The van der Waals surface area contributed by atoms with Crippen LogP contribution < -0.4 is 5.32 Å². The van der Waals surface area contributed by atoms with E-state index in [2.05, 4.69) is 34.6 Å². The predicted octanol–water partition coefficient (Wildman–Crippen LogP) is 3.83. The van der Waals surface area contributed by atoms with Crippen LogP contribution in [0, 0.1) is 5.92 Å². The molecule has 2 aromatic rings. The van der Waals surface area contributed by atoms with Gasteiger partial charge >= 0.3 is 6.03 Å². The molecule has 4 nitrogen and oxygen atoms in total. The molecule has 22 heavy (non-hydrogen) atoms. The Morgan fingerprint density at radius 2 is 2.09 bits per heavy atom. The number of benzene rings is 1. The average molecular weight is 316 g/mol. The normalized spacial score (nSPS) is 17.5. The van der Waals surface area contributed by atoms with Crippen molar-refractivity contribution in [1.29, 1.82) is 0 Å². The largest absolute Gasteiger partial charge is 0.324 e. The maximum Gasteiger partial charge on any atom is 0.321 e. The molecule has 0 spiro atoms. The molecule has 1 N–H and O–H groups in total. The van der Waals surface area contributed by atoms with Crippen LogP contribution in [-0.2, 0) is 6.42 Å². The van der Waals surface area contributed by atoms with Gasteiger partial charge in [0.25, 0.3) is 0 Å². The summed E-state index contributed by atoms with van der Waals surface area (Å²) in [5.74, 6) is 0.525. The lowest BCUT2D eigenvalue weighted by Crippen LogP contribution is -2.33. The monoisotopic (exact) mass is 315 g/mol. The van der Waals surface area contributed by atoms with Crippen LogP contribution in [0.1, 0.15) is 12.0 Å². The second kappa shape index (κ2) is 6.79. The third kappa shape index (κ3) is 3.77.